The number of unbranched alkanes of at least 4 members (excludes halogenated alkanes) is 1. The number of hydrogen-bond acceptors (Lipinski definition) is 2. The average Bonchev–Trinajstić information content (AvgIpc) is 3.05. The molecule has 2 amide bonds. The van der Waals surface area contributed by atoms with Crippen molar-refractivity contribution in [3.63, 3.8) is 0 Å². The van der Waals surface area contributed by atoms with E-state index in [-0.39, 0.29) is 23.7 Å². The second-order valence-corrected chi connectivity index (χ2v) is 12.2. The number of rotatable bonds is 3. The van der Waals surface area contributed by atoms with Gasteiger partial charge in [-0.05, 0) is 24.7 Å². The number of nitrogens with zero attached hydrogens (tertiary/aromatic N) is 1. The molecule has 2 fully saturated rings. The molecule has 3 rings (SSSR count). The van der Waals surface area contributed by atoms with Crippen molar-refractivity contribution in [2.45, 2.75) is 38.9 Å². The second-order valence-electron chi connectivity index (χ2n) is 7.48. The Morgan fingerprint density at radius 3 is 2.24 bits per heavy atom. The molecule has 0 unspecified atom stereocenters. The van der Waals surface area contributed by atoms with Crippen molar-refractivity contribution in [3.8, 4) is 11.5 Å². The molecule has 21 heavy (non-hydrogen) atoms. The van der Waals surface area contributed by atoms with Gasteiger partial charge in [-0.3, -0.25) is 14.5 Å². The zero-order chi connectivity index (χ0) is 15.2. The summed E-state index contributed by atoms with van der Waals surface area (Å²) < 4.78 is 0. The van der Waals surface area contributed by atoms with Crippen LogP contribution < -0.4 is 0 Å². The SMILES string of the molecule is C[Si](C)(C)C#CCCCN1C(=O)[C@@H]2[C@H](C1=O)[C@H]1C=C[C@@H]2C1. The van der Waals surface area contributed by atoms with E-state index in [0.717, 1.165) is 19.3 Å². The van der Waals surface area contributed by atoms with Crippen molar-refractivity contribution >= 4 is 19.9 Å². The number of hydrogen-bond donors (Lipinski definition) is 0. The molecule has 3 nitrogen and oxygen atoms in total. The van der Waals surface area contributed by atoms with Gasteiger partial charge in [0.25, 0.3) is 0 Å². The molecule has 0 N–H and O–H groups in total. The highest BCUT2D eigenvalue weighted by Crippen LogP contribution is 2.52. The van der Waals surface area contributed by atoms with Gasteiger partial charge in [-0.15, -0.1) is 11.5 Å². The first-order valence-corrected chi connectivity index (χ1v) is 11.4. The highest BCUT2D eigenvalue weighted by atomic mass is 28.3. The van der Waals surface area contributed by atoms with Gasteiger partial charge in [0.05, 0.1) is 11.8 Å². The predicted octanol–water partition coefficient (Wildman–Crippen LogP) is 2.45. The number of fused-ring (bicyclic) bond motifs is 5. The first-order valence-electron chi connectivity index (χ1n) is 7.92. The van der Waals surface area contributed by atoms with Crippen LogP contribution in [0.5, 0.6) is 0 Å². The number of carbonyl (C=O) groups is 2. The minimum Gasteiger partial charge on any atom is -0.282 e. The minimum absolute atomic E-state index is 0.0550. The van der Waals surface area contributed by atoms with E-state index in [4.69, 9.17) is 0 Å². The van der Waals surface area contributed by atoms with Gasteiger partial charge in [0, 0.05) is 13.0 Å². The summed E-state index contributed by atoms with van der Waals surface area (Å²) >= 11 is 0. The topological polar surface area (TPSA) is 37.4 Å². The molecule has 4 heteroatoms. The summed E-state index contributed by atoms with van der Waals surface area (Å²) in [5.41, 5.74) is 3.32. The molecule has 1 saturated heterocycles. The first-order chi connectivity index (χ1) is 9.88. The lowest BCUT2D eigenvalue weighted by Crippen LogP contribution is -2.33. The van der Waals surface area contributed by atoms with Gasteiger partial charge in [-0.1, -0.05) is 31.8 Å². The van der Waals surface area contributed by atoms with Crippen LogP contribution in [-0.4, -0.2) is 31.3 Å². The van der Waals surface area contributed by atoms with Crippen LogP contribution in [0.15, 0.2) is 12.2 Å². The predicted molar refractivity (Wildman–Crippen MR) is 84.8 cm³/mol. The average molecular weight is 301 g/mol. The Hall–Kier alpha value is -1.34. The molecular formula is C17H23NO2Si. The van der Waals surface area contributed by atoms with Crippen molar-refractivity contribution in [2.24, 2.45) is 23.7 Å². The molecule has 1 saturated carbocycles. The quantitative estimate of drug-likeness (QED) is 0.264. The number of allylic oxidation sites excluding steroid dienone is 2. The monoisotopic (exact) mass is 301 g/mol. The third-order valence-corrected chi connectivity index (χ3v) is 5.64. The smallest absolute Gasteiger partial charge is 0.233 e. The van der Waals surface area contributed by atoms with E-state index >= 15 is 0 Å². The molecule has 0 aromatic rings. The van der Waals surface area contributed by atoms with Gasteiger partial charge in [0.1, 0.15) is 8.07 Å². The third-order valence-electron chi connectivity index (χ3n) is 4.71. The van der Waals surface area contributed by atoms with E-state index in [9.17, 15) is 9.59 Å². The lowest BCUT2D eigenvalue weighted by atomic mass is 9.85. The van der Waals surface area contributed by atoms with E-state index in [0.29, 0.717) is 18.4 Å². The Morgan fingerprint density at radius 1 is 1.14 bits per heavy atom. The van der Waals surface area contributed by atoms with E-state index in [1.807, 2.05) is 0 Å². The summed E-state index contributed by atoms with van der Waals surface area (Å²) in [6.45, 7) is 7.21. The fourth-order valence-corrected chi connectivity index (χ4v) is 4.49. The first kappa shape index (κ1) is 14.6. The maximum absolute atomic E-state index is 12.5. The number of amides is 2. The van der Waals surface area contributed by atoms with Crippen molar-refractivity contribution in [3.05, 3.63) is 12.2 Å². The van der Waals surface area contributed by atoms with Crippen LogP contribution in [0.4, 0.5) is 0 Å². The van der Waals surface area contributed by atoms with Crippen molar-refractivity contribution in [1.82, 2.24) is 4.90 Å². The van der Waals surface area contributed by atoms with E-state index in [1.54, 1.807) is 0 Å². The maximum Gasteiger partial charge on any atom is 0.233 e. The molecule has 3 aliphatic rings. The fourth-order valence-electron chi connectivity index (χ4n) is 3.84. The summed E-state index contributed by atoms with van der Waals surface area (Å²) in [4.78, 5) is 26.4. The zero-order valence-corrected chi connectivity index (χ0v) is 14.1. The van der Waals surface area contributed by atoms with Crippen LogP contribution in [-0.2, 0) is 9.59 Å². The largest absolute Gasteiger partial charge is 0.282 e. The second kappa shape index (κ2) is 5.13. The van der Waals surface area contributed by atoms with Crippen LogP contribution in [0.2, 0.25) is 19.6 Å². The number of imide groups is 1. The molecule has 0 aromatic carbocycles. The Balaban J connectivity index is 1.57. The summed E-state index contributed by atoms with van der Waals surface area (Å²) in [5.74, 6) is 3.86. The third kappa shape index (κ3) is 2.60. The van der Waals surface area contributed by atoms with E-state index < -0.39 is 8.07 Å². The van der Waals surface area contributed by atoms with Crippen LogP contribution in [0.3, 0.4) is 0 Å². The van der Waals surface area contributed by atoms with Crippen LogP contribution in [0.1, 0.15) is 19.3 Å². The van der Waals surface area contributed by atoms with Gasteiger partial charge in [-0.2, -0.15) is 0 Å². The standard InChI is InChI=1S/C17H23NO2Si/c1-21(2,3)10-6-4-5-9-18-16(19)14-12-7-8-13(11-12)15(14)17(18)20/h7-8,12-15H,4-5,9,11H2,1-3H3/t12-,13+,14+,15-. The molecule has 1 aliphatic heterocycles. The highest BCUT2D eigenvalue weighted by Gasteiger charge is 2.58. The molecule has 4 atom stereocenters. The Bertz CT molecular complexity index is 534. The summed E-state index contributed by atoms with van der Waals surface area (Å²) in [6, 6.07) is 0. The van der Waals surface area contributed by atoms with Gasteiger partial charge in [0.15, 0.2) is 0 Å². The molecule has 1 heterocycles. The number of likely N-dealkylation sites (tertiary alicyclic amines) is 1. The maximum atomic E-state index is 12.5. The minimum atomic E-state index is -1.31. The fraction of sp³-hybridized carbons (Fsp3) is 0.647. The van der Waals surface area contributed by atoms with Crippen LogP contribution in [0, 0.1) is 35.1 Å². The molecule has 112 valence electrons. The van der Waals surface area contributed by atoms with Crippen molar-refractivity contribution < 1.29 is 9.59 Å². The van der Waals surface area contributed by atoms with Gasteiger partial charge in [-0.25, -0.2) is 0 Å². The summed E-state index contributed by atoms with van der Waals surface area (Å²) in [7, 11) is -1.31. The lowest BCUT2D eigenvalue weighted by Gasteiger charge is -2.16. The zero-order valence-electron chi connectivity index (χ0n) is 13.1. The summed E-state index contributed by atoms with van der Waals surface area (Å²) in [6.07, 6.45) is 6.86. The Labute approximate surface area is 127 Å². The van der Waals surface area contributed by atoms with Crippen LogP contribution in [0.25, 0.3) is 0 Å². The van der Waals surface area contributed by atoms with Crippen molar-refractivity contribution in [1.29, 1.82) is 0 Å². The molecular weight excluding hydrogens is 278 g/mol. The van der Waals surface area contributed by atoms with Gasteiger partial charge in [0.2, 0.25) is 11.8 Å². The normalized spacial score (nSPS) is 33.4. The molecule has 0 spiro atoms. The Morgan fingerprint density at radius 2 is 1.71 bits per heavy atom. The van der Waals surface area contributed by atoms with E-state index in [1.165, 1.54) is 4.90 Å². The Kier molecular flexibility index (Phi) is 3.57. The van der Waals surface area contributed by atoms with Gasteiger partial charge >= 0.3 is 0 Å². The van der Waals surface area contributed by atoms with E-state index in [2.05, 4.69) is 43.3 Å². The number of carbonyl (C=O) groups excluding carboxylic acids is 2. The highest BCUT2D eigenvalue weighted by molar-refractivity contribution is 6.83. The van der Waals surface area contributed by atoms with Gasteiger partial charge < -0.3 is 0 Å². The summed E-state index contributed by atoms with van der Waals surface area (Å²) in [5, 5.41) is 0. The lowest BCUT2D eigenvalue weighted by molar-refractivity contribution is -0.140. The molecule has 2 aliphatic carbocycles. The molecule has 0 radical (unpaired) electrons. The molecule has 2 bridgehead atoms. The van der Waals surface area contributed by atoms with Crippen molar-refractivity contribution in [2.75, 3.05) is 6.54 Å². The molecule has 0 aromatic heterocycles. The van der Waals surface area contributed by atoms with Crippen LogP contribution >= 0.6 is 0 Å².